The molecular formula is C27H24FN3O4. The zero-order chi connectivity index (χ0) is 24.7. The molecule has 0 spiro atoms. The summed E-state index contributed by atoms with van der Waals surface area (Å²) in [6.45, 7) is 2.12. The molecule has 0 radical (unpaired) electrons. The number of fused-ring (bicyclic) bond motifs is 1. The van der Waals surface area contributed by atoms with Gasteiger partial charge in [-0.15, -0.1) is 0 Å². The van der Waals surface area contributed by atoms with E-state index in [2.05, 4.69) is 5.10 Å². The van der Waals surface area contributed by atoms with Crippen LogP contribution in [0.4, 0.5) is 10.1 Å². The first kappa shape index (κ1) is 22.6. The summed E-state index contributed by atoms with van der Waals surface area (Å²) in [5.74, 6) is -1.84. The maximum atomic E-state index is 13.6. The lowest BCUT2D eigenvalue weighted by Gasteiger charge is -2.22. The highest BCUT2D eigenvalue weighted by Gasteiger charge is 2.57. The number of rotatable bonds is 6. The Morgan fingerprint density at radius 2 is 1.71 bits per heavy atom. The number of carbonyl (C=O) groups is 2. The predicted molar refractivity (Wildman–Crippen MR) is 129 cm³/mol. The van der Waals surface area contributed by atoms with Crippen LogP contribution in [0.15, 0.2) is 71.8 Å². The second-order valence-corrected chi connectivity index (χ2v) is 8.65. The summed E-state index contributed by atoms with van der Waals surface area (Å²) < 4.78 is 18.5. The van der Waals surface area contributed by atoms with E-state index in [1.807, 2.05) is 31.2 Å². The van der Waals surface area contributed by atoms with Crippen molar-refractivity contribution in [2.75, 3.05) is 18.7 Å². The topological polar surface area (TPSA) is 82.4 Å². The van der Waals surface area contributed by atoms with Crippen LogP contribution >= 0.6 is 0 Å². The summed E-state index contributed by atoms with van der Waals surface area (Å²) in [5.41, 5.74) is 3.20. The molecule has 2 amide bonds. The van der Waals surface area contributed by atoms with Crippen molar-refractivity contribution < 1.29 is 23.8 Å². The first-order valence-corrected chi connectivity index (χ1v) is 11.3. The van der Waals surface area contributed by atoms with Gasteiger partial charge in [-0.2, -0.15) is 5.10 Å². The summed E-state index contributed by atoms with van der Waals surface area (Å²) in [6, 6.07) is 17.6. The third kappa shape index (κ3) is 3.90. The Balaban J connectivity index is 1.53. The van der Waals surface area contributed by atoms with E-state index in [0.29, 0.717) is 23.4 Å². The number of hydrogen-bond donors (Lipinski definition) is 1. The van der Waals surface area contributed by atoms with Crippen molar-refractivity contribution in [1.29, 1.82) is 0 Å². The van der Waals surface area contributed by atoms with Gasteiger partial charge in [-0.25, -0.2) is 4.39 Å². The van der Waals surface area contributed by atoms with Gasteiger partial charge in [-0.05, 0) is 55.3 Å². The number of amides is 2. The van der Waals surface area contributed by atoms with Gasteiger partial charge in [0.2, 0.25) is 5.91 Å². The fraction of sp³-hybridized carbons (Fsp3) is 0.222. The van der Waals surface area contributed by atoms with E-state index < -0.39 is 12.0 Å². The number of carbonyl (C=O) groups excluding carboxylic acids is 2. The van der Waals surface area contributed by atoms with Gasteiger partial charge in [-0.1, -0.05) is 35.9 Å². The number of hydrazone groups is 1. The number of benzene rings is 3. The average molecular weight is 474 g/mol. The summed E-state index contributed by atoms with van der Waals surface area (Å²) in [4.78, 5) is 28.4. The van der Waals surface area contributed by atoms with E-state index in [0.717, 1.165) is 11.1 Å². The van der Waals surface area contributed by atoms with Crippen LogP contribution < -0.4 is 9.75 Å². The number of phenols is 1. The van der Waals surface area contributed by atoms with E-state index in [1.165, 1.54) is 24.1 Å². The molecule has 3 aromatic rings. The quantitative estimate of drug-likeness (QED) is 0.553. The second-order valence-electron chi connectivity index (χ2n) is 8.65. The molecule has 2 aliphatic rings. The van der Waals surface area contributed by atoms with Crippen molar-refractivity contribution in [3.63, 3.8) is 0 Å². The summed E-state index contributed by atoms with van der Waals surface area (Å²) >= 11 is 0. The molecule has 8 heteroatoms. The summed E-state index contributed by atoms with van der Waals surface area (Å²) in [6.07, 6.45) is 0.401. The molecule has 1 fully saturated rings. The van der Waals surface area contributed by atoms with Crippen LogP contribution in [0.25, 0.3) is 0 Å². The van der Waals surface area contributed by atoms with Crippen LogP contribution in [0.2, 0.25) is 0 Å². The number of hydrogen-bond acceptors (Lipinski definition) is 6. The number of methoxy groups -OCH3 is 1. The van der Waals surface area contributed by atoms with Crippen LogP contribution in [0.1, 0.15) is 16.7 Å². The maximum absolute atomic E-state index is 13.6. The number of para-hydroxylation sites is 1. The molecule has 0 aliphatic carbocycles. The Bertz CT molecular complexity index is 1320. The SMILES string of the molecule is COc1cccc(C2=NN(c3ccc(C)cc3)C3C(=O)N(CCc4ccc(F)cc4)C(=O)C23)c1O. The van der Waals surface area contributed by atoms with Crippen molar-refractivity contribution in [3.8, 4) is 11.5 Å². The van der Waals surface area contributed by atoms with Gasteiger partial charge in [-0.3, -0.25) is 19.5 Å². The highest BCUT2D eigenvalue weighted by atomic mass is 19.1. The van der Waals surface area contributed by atoms with Gasteiger partial charge >= 0.3 is 0 Å². The highest BCUT2D eigenvalue weighted by molar-refractivity contribution is 6.26. The van der Waals surface area contributed by atoms with Crippen LogP contribution in [-0.4, -0.2) is 47.2 Å². The number of imide groups is 1. The molecule has 0 saturated carbocycles. The first-order chi connectivity index (χ1) is 16.9. The van der Waals surface area contributed by atoms with Crippen molar-refractivity contribution in [3.05, 3.63) is 89.2 Å². The predicted octanol–water partition coefficient (Wildman–Crippen LogP) is 3.67. The Hall–Kier alpha value is -4.20. The molecule has 2 unspecified atom stereocenters. The molecule has 5 rings (SSSR count). The lowest BCUT2D eigenvalue weighted by atomic mass is 9.92. The van der Waals surface area contributed by atoms with E-state index in [9.17, 15) is 19.1 Å². The van der Waals surface area contributed by atoms with Crippen LogP contribution in [-0.2, 0) is 16.0 Å². The van der Waals surface area contributed by atoms with Gasteiger partial charge < -0.3 is 9.84 Å². The Morgan fingerprint density at radius 1 is 1.00 bits per heavy atom. The van der Waals surface area contributed by atoms with Gasteiger partial charge in [0.15, 0.2) is 11.5 Å². The summed E-state index contributed by atoms with van der Waals surface area (Å²) in [7, 11) is 1.44. The standard InChI is InChI=1S/C27H24FN3O4/c1-16-6-12-19(13-7-16)31-24-22(23(29-31)20-4-3-5-21(35-2)25(20)32)26(33)30(27(24)34)15-14-17-8-10-18(28)11-9-17/h3-13,22,24,32H,14-15H2,1-2H3. The largest absolute Gasteiger partial charge is 0.504 e. The lowest BCUT2D eigenvalue weighted by molar-refractivity contribution is -0.139. The van der Waals surface area contributed by atoms with Crippen molar-refractivity contribution in [2.45, 2.75) is 19.4 Å². The van der Waals surface area contributed by atoms with Crippen LogP contribution in [0, 0.1) is 18.7 Å². The van der Waals surface area contributed by atoms with E-state index in [1.54, 1.807) is 35.3 Å². The van der Waals surface area contributed by atoms with Gasteiger partial charge in [0.25, 0.3) is 5.91 Å². The molecule has 7 nitrogen and oxygen atoms in total. The molecule has 178 valence electrons. The average Bonchev–Trinajstić information content (AvgIpc) is 3.36. The number of phenolic OH excluding ortho intramolecular Hbond substituents is 1. The molecule has 2 heterocycles. The third-order valence-corrected chi connectivity index (χ3v) is 6.47. The van der Waals surface area contributed by atoms with Gasteiger partial charge in [0.05, 0.1) is 18.5 Å². The molecule has 1 N–H and O–H groups in total. The molecule has 35 heavy (non-hydrogen) atoms. The van der Waals surface area contributed by atoms with Crippen molar-refractivity contribution >= 4 is 23.2 Å². The van der Waals surface area contributed by atoms with Gasteiger partial charge in [0, 0.05) is 12.1 Å². The lowest BCUT2D eigenvalue weighted by Crippen LogP contribution is -2.39. The number of halogens is 1. The Labute approximate surface area is 202 Å². The minimum atomic E-state index is -0.880. The molecule has 0 aromatic heterocycles. The molecular weight excluding hydrogens is 449 g/mol. The van der Waals surface area contributed by atoms with Crippen LogP contribution in [0.5, 0.6) is 11.5 Å². The maximum Gasteiger partial charge on any atom is 0.255 e. The number of anilines is 1. The van der Waals surface area contributed by atoms with Crippen molar-refractivity contribution in [1.82, 2.24) is 4.90 Å². The Kier molecular flexibility index (Phi) is 5.72. The zero-order valence-corrected chi connectivity index (χ0v) is 19.3. The number of aromatic hydroxyl groups is 1. The second kappa shape index (κ2) is 8.87. The number of aryl methyl sites for hydroxylation is 1. The normalized spacial score (nSPS) is 19.2. The zero-order valence-electron chi connectivity index (χ0n) is 19.3. The molecule has 0 bridgehead atoms. The number of likely N-dealkylation sites (tertiary alicyclic amines) is 1. The van der Waals surface area contributed by atoms with Gasteiger partial charge in [0.1, 0.15) is 17.8 Å². The van der Waals surface area contributed by atoms with Crippen LogP contribution in [0.3, 0.4) is 0 Å². The molecule has 2 atom stereocenters. The van der Waals surface area contributed by atoms with E-state index in [4.69, 9.17) is 4.74 Å². The molecule has 3 aromatic carbocycles. The summed E-state index contributed by atoms with van der Waals surface area (Å²) in [5, 5.41) is 17.0. The molecule has 2 aliphatic heterocycles. The first-order valence-electron chi connectivity index (χ1n) is 11.3. The minimum Gasteiger partial charge on any atom is -0.504 e. The van der Waals surface area contributed by atoms with Crippen molar-refractivity contribution in [2.24, 2.45) is 11.0 Å². The third-order valence-electron chi connectivity index (χ3n) is 6.47. The minimum absolute atomic E-state index is 0.136. The number of nitrogens with zero attached hydrogens (tertiary/aromatic N) is 3. The monoisotopic (exact) mass is 473 g/mol. The van der Waals surface area contributed by atoms with E-state index >= 15 is 0 Å². The smallest absolute Gasteiger partial charge is 0.255 e. The molecule has 1 saturated heterocycles. The Morgan fingerprint density at radius 3 is 2.40 bits per heavy atom. The number of ether oxygens (including phenoxy) is 1. The fourth-order valence-electron chi connectivity index (χ4n) is 4.61. The highest BCUT2D eigenvalue weighted by Crippen LogP contribution is 2.41. The fourth-order valence-corrected chi connectivity index (χ4v) is 4.61. The van der Waals surface area contributed by atoms with E-state index in [-0.39, 0.29) is 35.7 Å².